The molecular weight excluding hydrogens is 276 g/mol. The predicted octanol–water partition coefficient (Wildman–Crippen LogP) is 1.56. The van der Waals surface area contributed by atoms with Crippen molar-refractivity contribution in [1.29, 1.82) is 0 Å². The lowest BCUT2D eigenvalue weighted by Crippen LogP contribution is -2.47. The van der Waals surface area contributed by atoms with Crippen LogP contribution >= 0.6 is 11.6 Å². The monoisotopic (exact) mass is 290 g/mol. The van der Waals surface area contributed by atoms with Gasteiger partial charge in [0.1, 0.15) is 5.82 Å². The van der Waals surface area contributed by atoms with Crippen LogP contribution in [0.5, 0.6) is 0 Å². The fourth-order valence-corrected chi connectivity index (χ4v) is 2.43. The van der Waals surface area contributed by atoms with Crippen molar-refractivity contribution in [3.05, 3.63) is 35.5 Å². The summed E-state index contributed by atoms with van der Waals surface area (Å²) in [6, 6.07) is 1.83. The first-order chi connectivity index (χ1) is 9.74. The van der Waals surface area contributed by atoms with Gasteiger partial charge in [-0.2, -0.15) is 0 Å². The number of piperazine rings is 1. The lowest BCUT2D eigenvalue weighted by atomic mass is 10.2. The Morgan fingerprint density at radius 3 is 2.35 bits per heavy atom. The van der Waals surface area contributed by atoms with Crippen LogP contribution in [0.25, 0.3) is 0 Å². The van der Waals surface area contributed by atoms with Gasteiger partial charge in [-0.15, -0.1) is 0 Å². The Balaban J connectivity index is 1.71. The lowest BCUT2D eigenvalue weighted by molar-refractivity contribution is 0.632. The van der Waals surface area contributed by atoms with Crippen LogP contribution in [0, 0.1) is 6.92 Å². The maximum Gasteiger partial charge on any atom is 0.225 e. The summed E-state index contributed by atoms with van der Waals surface area (Å²) < 4.78 is 0. The summed E-state index contributed by atoms with van der Waals surface area (Å²) in [4.78, 5) is 21.3. The van der Waals surface area contributed by atoms with E-state index in [9.17, 15) is 0 Å². The molecule has 0 unspecified atom stereocenters. The van der Waals surface area contributed by atoms with Crippen molar-refractivity contribution in [3.8, 4) is 0 Å². The van der Waals surface area contributed by atoms with Gasteiger partial charge in [-0.05, 0) is 24.6 Å². The number of rotatable bonds is 2. The summed E-state index contributed by atoms with van der Waals surface area (Å²) in [5, 5.41) is 0.291. The van der Waals surface area contributed by atoms with Crippen LogP contribution < -0.4 is 9.80 Å². The molecule has 0 spiro atoms. The average Bonchev–Trinajstić information content (AvgIpc) is 2.51. The minimum Gasteiger partial charge on any atom is -0.353 e. The molecule has 0 radical (unpaired) electrons. The van der Waals surface area contributed by atoms with Gasteiger partial charge in [0, 0.05) is 50.3 Å². The fourth-order valence-electron chi connectivity index (χ4n) is 2.31. The third-order valence-electron chi connectivity index (χ3n) is 3.33. The van der Waals surface area contributed by atoms with Crippen molar-refractivity contribution < 1.29 is 0 Å². The number of aromatic nitrogens is 4. The molecule has 0 saturated carbocycles. The van der Waals surface area contributed by atoms with Crippen LogP contribution in [-0.4, -0.2) is 46.1 Å². The number of hydrogen-bond acceptors (Lipinski definition) is 6. The Hall–Kier alpha value is -1.95. The van der Waals surface area contributed by atoms with Gasteiger partial charge < -0.3 is 9.80 Å². The maximum absolute atomic E-state index is 5.88. The lowest BCUT2D eigenvalue weighted by Gasteiger charge is -2.35. The van der Waals surface area contributed by atoms with E-state index in [1.165, 1.54) is 0 Å². The van der Waals surface area contributed by atoms with Crippen LogP contribution in [0.15, 0.2) is 24.7 Å². The van der Waals surface area contributed by atoms with E-state index >= 15 is 0 Å². The van der Waals surface area contributed by atoms with Gasteiger partial charge in [-0.3, -0.25) is 0 Å². The van der Waals surface area contributed by atoms with E-state index in [1.54, 1.807) is 18.6 Å². The second-order valence-corrected chi connectivity index (χ2v) is 5.01. The largest absolute Gasteiger partial charge is 0.353 e. The van der Waals surface area contributed by atoms with Crippen LogP contribution in [0.2, 0.25) is 5.28 Å². The number of nitrogens with zero attached hydrogens (tertiary/aromatic N) is 6. The van der Waals surface area contributed by atoms with E-state index in [0.717, 1.165) is 43.5 Å². The molecule has 2 aromatic heterocycles. The van der Waals surface area contributed by atoms with E-state index in [1.807, 2.05) is 13.0 Å². The first kappa shape index (κ1) is 13.1. The molecule has 2 aromatic rings. The first-order valence-corrected chi connectivity index (χ1v) is 6.88. The highest BCUT2D eigenvalue weighted by molar-refractivity contribution is 6.28. The zero-order chi connectivity index (χ0) is 13.9. The minimum atomic E-state index is 0.291. The molecule has 1 saturated heterocycles. The highest BCUT2D eigenvalue weighted by Crippen LogP contribution is 2.20. The number of aryl methyl sites for hydroxylation is 1. The first-order valence-electron chi connectivity index (χ1n) is 6.50. The quantitative estimate of drug-likeness (QED) is 0.782. The number of halogens is 1. The fraction of sp³-hybridized carbons (Fsp3) is 0.385. The molecule has 0 bridgehead atoms. The summed E-state index contributed by atoms with van der Waals surface area (Å²) in [5.74, 6) is 1.70. The Labute approximate surface area is 122 Å². The van der Waals surface area contributed by atoms with Crippen LogP contribution in [0.4, 0.5) is 11.8 Å². The summed E-state index contributed by atoms with van der Waals surface area (Å²) in [6.07, 6.45) is 5.30. The second-order valence-electron chi connectivity index (χ2n) is 4.67. The topological polar surface area (TPSA) is 58.0 Å². The summed E-state index contributed by atoms with van der Waals surface area (Å²) in [6.45, 7) is 5.47. The molecule has 0 N–H and O–H groups in total. The van der Waals surface area contributed by atoms with Crippen molar-refractivity contribution in [2.75, 3.05) is 36.0 Å². The number of hydrogen-bond donors (Lipinski definition) is 0. The maximum atomic E-state index is 5.88. The molecule has 3 heterocycles. The average molecular weight is 291 g/mol. The minimum absolute atomic E-state index is 0.291. The molecule has 104 valence electrons. The molecule has 7 heteroatoms. The zero-order valence-electron chi connectivity index (χ0n) is 11.2. The van der Waals surface area contributed by atoms with Crippen LogP contribution in [-0.2, 0) is 0 Å². The van der Waals surface area contributed by atoms with E-state index in [-0.39, 0.29) is 0 Å². The van der Waals surface area contributed by atoms with Crippen LogP contribution in [0.1, 0.15) is 5.56 Å². The van der Waals surface area contributed by atoms with E-state index in [2.05, 4.69) is 29.7 Å². The van der Waals surface area contributed by atoms with Crippen molar-refractivity contribution in [2.45, 2.75) is 6.92 Å². The van der Waals surface area contributed by atoms with Gasteiger partial charge in [0.25, 0.3) is 0 Å². The van der Waals surface area contributed by atoms with Crippen molar-refractivity contribution in [3.63, 3.8) is 0 Å². The van der Waals surface area contributed by atoms with E-state index in [0.29, 0.717) is 5.28 Å². The van der Waals surface area contributed by atoms with Crippen molar-refractivity contribution in [2.24, 2.45) is 0 Å². The van der Waals surface area contributed by atoms with Gasteiger partial charge in [0.05, 0.1) is 0 Å². The molecule has 1 aliphatic heterocycles. The third kappa shape index (κ3) is 2.65. The second kappa shape index (κ2) is 5.58. The van der Waals surface area contributed by atoms with Gasteiger partial charge in [0.2, 0.25) is 11.2 Å². The van der Waals surface area contributed by atoms with E-state index in [4.69, 9.17) is 11.6 Å². The Morgan fingerprint density at radius 1 is 1.00 bits per heavy atom. The highest BCUT2D eigenvalue weighted by atomic mass is 35.5. The molecule has 20 heavy (non-hydrogen) atoms. The molecule has 0 atom stereocenters. The Morgan fingerprint density at radius 2 is 1.65 bits per heavy atom. The predicted molar refractivity (Wildman–Crippen MR) is 78.2 cm³/mol. The Bertz CT molecular complexity index is 583. The summed E-state index contributed by atoms with van der Waals surface area (Å²) in [7, 11) is 0. The zero-order valence-corrected chi connectivity index (χ0v) is 12.0. The SMILES string of the molecule is Cc1cnc(Cl)nc1N1CCN(c2ncccn2)CC1. The molecule has 0 amide bonds. The van der Waals surface area contributed by atoms with Crippen molar-refractivity contribution >= 4 is 23.4 Å². The normalized spacial score (nSPS) is 15.5. The standard InChI is InChI=1S/C13H15ClN6/c1-10-9-17-12(14)18-11(10)19-5-7-20(8-6-19)13-15-3-2-4-16-13/h2-4,9H,5-8H2,1H3. The summed E-state index contributed by atoms with van der Waals surface area (Å²) >= 11 is 5.88. The van der Waals surface area contributed by atoms with Gasteiger partial charge in [0.15, 0.2) is 0 Å². The van der Waals surface area contributed by atoms with E-state index < -0.39 is 0 Å². The molecule has 0 aromatic carbocycles. The number of anilines is 2. The molecule has 1 fully saturated rings. The van der Waals surface area contributed by atoms with Crippen molar-refractivity contribution in [1.82, 2.24) is 19.9 Å². The highest BCUT2D eigenvalue weighted by Gasteiger charge is 2.21. The molecule has 6 nitrogen and oxygen atoms in total. The van der Waals surface area contributed by atoms with Gasteiger partial charge in [-0.1, -0.05) is 0 Å². The van der Waals surface area contributed by atoms with Gasteiger partial charge >= 0.3 is 0 Å². The molecular formula is C13H15ClN6. The van der Waals surface area contributed by atoms with Gasteiger partial charge in [-0.25, -0.2) is 19.9 Å². The molecule has 3 rings (SSSR count). The third-order valence-corrected chi connectivity index (χ3v) is 3.51. The van der Waals surface area contributed by atoms with Crippen LogP contribution in [0.3, 0.4) is 0 Å². The molecule has 1 aliphatic rings. The smallest absolute Gasteiger partial charge is 0.225 e. The molecule has 0 aliphatic carbocycles. The summed E-state index contributed by atoms with van der Waals surface area (Å²) in [5.41, 5.74) is 1.04. The Kier molecular flexibility index (Phi) is 3.64.